The first-order valence-corrected chi connectivity index (χ1v) is 6.71. The lowest BCUT2D eigenvalue weighted by molar-refractivity contribution is 0.727. The highest BCUT2D eigenvalue weighted by atomic mass is 13.9. The van der Waals surface area contributed by atoms with E-state index in [2.05, 4.69) is 38.2 Å². The molecule has 0 aromatic carbocycles. The van der Waals surface area contributed by atoms with Crippen molar-refractivity contribution in [2.24, 2.45) is 0 Å². The molecule has 0 radical (unpaired) electrons. The summed E-state index contributed by atoms with van der Waals surface area (Å²) in [6, 6.07) is 0. The SMILES string of the molecule is CCCCC/C=C\C/C=C\CCCCC. The van der Waals surface area contributed by atoms with Crippen molar-refractivity contribution >= 4 is 0 Å². The van der Waals surface area contributed by atoms with Gasteiger partial charge in [0.15, 0.2) is 0 Å². The summed E-state index contributed by atoms with van der Waals surface area (Å²) in [7, 11) is 0. The van der Waals surface area contributed by atoms with Crippen LogP contribution in [-0.4, -0.2) is 0 Å². The number of allylic oxidation sites excluding steroid dienone is 4. The van der Waals surface area contributed by atoms with Crippen LogP contribution in [0.3, 0.4) is 0 Å². The zero-order chi connectivity index (χ0) is 11.2. The second-order valence-electron chi connectivity index (χ2n) is 4.17. The van der Waals surface area contributed by atoms with Gasteiger partial charge in [0.05, 0.1) is 0 Å². The van der Waals surface area contributed by atoms with Gasteiger partial charge in [0.2, 0.25) is 0 Å². The van der Waals surface area contributed by atoms with Crippen LogP contribution in [-0.2, 0) is 0 Å². The Morgan fingerprint density at radius 1 is 0.600 bits per heavy atom. The molecule has 0 atom stereocenters. The third-order valence-electron chi connectivity index (χ3n) is 2.55. The van der Waals surface area contributed by atoms with Crippen molar-refractivity contribution in [2.45, 2.75) is 71.6 Å². The lowest BCUT2D eigenvalue weighted by Crippen LogP contribution is -1.71. The fourth-order valence-corrected chi connectivity index (χ4v) is 1.53. The van der Waals surface area contributed by atoms with E-state index in [1.807, 2.05) is 0 Å². The smallest absolute Gasteiger partial charge is 0.0169 e. The van der Waals surface area contributed by atoms with Crippen molar-refractivity contribution in [1.82, 2.24) is 0 Å². The summed E-state index contributed by atoms with van der Waals surface area (Å²) < 4.78 is 0. The summed E-state index contributed by atoms with van der Waals surface area (Å²) in [4.78, 5) is 0. The molecule has 0 aliphatic carbocycles. The van der Waals surface area contributed by atoms with Gasteiger partial charge in [-0.2, -0.15) is 0 Å². The Labute approximate surface area is 96.5 Å². The topological polar surface area (TPSA) is 0 Å². The van der Waals surface area contributed by atoms with Crippen molar-refractivity contribution < 1.29 is 0 Å². The Morgan fingerprint density at radius 2 is 1.07 bits per heavy atom. The fraction of sp³-hybridized carbons (Fsp3) is 0.733. The molecule has 0 aliphatic heterocycles. The van der Waals surface area contributed by atoms with E-state index in [-0.39, 0.29) is 0 Å². The van der Waals surface area contributed by atoms with E-state index in [9.17, 15) is 0 Å². The molecule has 0 aromatic heterocycles. The third-order valence-corrected chi connectivity index (χ3v) is 2.55. The molecule has 0 N–H and O–H groups in total. The summed E-state index contributed by atoms with van der Waals surface area (Å²) in [6.45, 7) is 4.51. The molecule has 0 amide bonds. The van der Waals surface area contributed by atoms with E-state index >= 15 is 0 Å². The van der Waals surface area contributed by atoms with Gasteiger partial charge in [-0.1, -0.05) is 63.8 Å². The molecule has 0 bridgehead atoms. The Hall–Kier alpha value is -0.520. The van der Waals surface area contributed by atoms with Crippen LogP contribution in [0.4, 0.5) is 0 Å². The molecule has 0 nitrogen and oxygen atoms in total. The molecule has 0 heterocycles. The van der Waals surface area contributed by atoms with Crippen LogP contribution in [0.15, 0.2) is 24.3 Å². The van der Waals surface area contributed by atoms with Gasteiger partial charge in [0, 0.05) is 0 Å². The Bertz CT molecular complexity index is 135. The molecule has 0 aromatic rings. The second kappa shape index (κ2) is 13.5. The van der Waals surface area contributed by atoms with E-state index in [1.165, 1.54) is 51.4 Å². The molecule has 0 rings (SSSR count). The van der Waals surface area contributed by atoms with E-state index in [0.717, 1.165) is 6.42 Å². The summed E-state index contributed by atoms with van der Waals surface area (Å²) in [5.41, 5.74) is 0. The standard InChI is InChI=1S/C15H28/c1-3-5-7-9-11-13-15-14-12-10-8-6-4-2/h11-14H,3-10,15H2,1-2H3/b13-11-,14-12-. The minimum atomic E-state index is 1.12. The number of unbranched alkanes of at least 4 members (excludes halogenated alkanes) is 6. The molecule has 0 saturated heterocycles. The minimum absolute atomic E-state index is 1.12. The molecule has 0 saturated carbocycles. The van der Waals surface area contributed by atoms with Crippen LogP contribution in [0.2, 0.25) is 0 Å². The molecular weight excluding hydrogens is 180 g/mol. The van der Waals surface area contributed by atoms with Gasteiger partial charge in [-0.15, -0.1) is 0 Å². The lowest BCUT2D eigenvalue weighted by Gasteiger charge is -1.92. The van der Waals surface area contributed by atoms with Crippen LogP contribution < -0.4 is 0 Å². The highest BCUT2D eigenvalue weighted by Gasteiger charge is 1.82. The zero-order valence-electron chi connectivity index (χ0n) is 10.7. The first-order chi connectivity index (χ1) is 7.41. The second-order valence-corrected chi connectivity index (χ2v) is 4.17. The largest absolute Gasteiger partial charge is 0.0882 e. The zero-order valence-corrected chi connectivity index (χ0v) is 10.7. The third kappa shape index (κ3) is 13.5. The number of hydrogen-bond donors (Lipinski definition) is 0. The first kappa shape index (κ1) is 14.5. The van der Waals surface area contributed by atoms with Crippen molar-refractivity contribution in [3.63, 3.8) is 0 Å². The van der Waals surface area contributed by atoms with Crippen molar-refractivity contribution in [3.8, 4) is 0 Å². The molecule has 0 heteroatoms. The van der Waals surface area contributed by atoms with Gasteiger partial charge in [0.25, 0.3) is 0 Å². The molecule has 0 unspecified atom stereocenters. The summed E-state index contributed by atoms with van der Waals surface area (Å²) in [6.07, 6.45) is 21.0. The lowest BCUT2D eigenvalue weighted by atomic mass is 10.2. The summed E-state index contributed by atoms with van der Waals surface area (Å²) in [5, 5.41) is 0. The molecule has 0 fully saturated rings. The highest BCUT2D eigenvalue weighted by Crippen LogP contribution is 2.02. The molecule has 88 valence electrons. The van der Waals surface area contributed by atoms with Gasteiger partial charge in [-0.3, -0.25) is 0 Å². The Kier molecular flexibility index (Phi) is 13.0. The van der Waals surface area contributed by atoms with Crippen LogP contribution in [0.25, 0.3) is 0 Å². The van der Waals surface area contributed by atoms with Gasteiger partial charge in [0.1, 0.15) is 0 Å². The average Bonchev–Trinajstić information content (AvgIpc) is 2.26. The van der Waals surface area contributed by atoms with Crippen molar-refractivity contribution in [3.05, 3.63) is 24.3 Å². The highest BCUT2D eigenvalue weighted by molar-refractivity contribution is 4.92. The summed E-state index contributed by atoms with van der Waals surface area (Å²) >= 11 is 0. The van der Waals surface area contributed by atoms with E-state index in [1.54, 1.807) is 0 Å². The van der Waals surface area contributed by atoms with E-state index in [0.29, 0.717) is 0 Å². The molecular formula is C15H28. The fourth-order valence-electron chi connectivity index (χ4n) is 1.53. The maximum absolute atomic E-state index is 2.33. The van der Waals surface area contributed by atoms with Gasteiger partial charge >= 0.3 is 0 Å². The monoisotopic (exact) mass is 208 g/mol. The summed E-state index contributed by atoms with van der Waals surface area (Å²) in [5.74, 6) is 0. The van der Waals surface area contributed by atoms with Crippen molar-refractivity contribution in [2.75, 3.05) is 0 Å². The van der Waals surface area contributed by atoms with Crippen LogP contribution in [0.5, 0.6) is 0 Å². The predicted molar refractivity (Wildman–Crippen MR) is 71.2 cm³/mol. The maximum Gasteiger partial charge on any atom is -0.0169 e. The van der Waals surface area contributed by atoms with Gasteiger partial charge in [-0.25, -0.2) is 0 Å². The van der Waals surface area contributed by atoms with Crippen LogP contribution in [0.1, 0.15) is 71.6 Å². The minimum Gasteiger partial charge on any atom is -0.0882 e. The molecule has 0 spiro atoms. The molecule has 0 aliphatic rings. The van der Waals surface area contributed by atoms with Gasteiger partial charge < -0.3 is 0 Å². The average molecular weight is 208 g/mol. The molecule has 15 heavy (non-hydrogen) atoms. The number of rotatable bonds is 10. The predicted octanol–water partition coefficient (Wildman–Crippen LogP) is 5.65. The van der Waals surface area contributed by atoms with Gasteiger partial charge in [-0.05, 0) is 32.1 Å². The first-order valence-electron chi connectivity index (χ1n) is 6.71. The number of hydrogen-bond acceptors (Lipinski definition) is 0. The maximum atomic E-state index is 2.33. The van der Waals surface area contributed by atoms with Crippen LogP contribution in [0, 0.1) is 0 Å². The van der Waals surface area contributed by atoms with Crippen LogP contribution >= 0.6 is 0 Å². The van der Waals surface area contributed by atoms with E-state index in [4.69, 9.17) is 0 Å². The quantitative estimate of drug-likeness (QED) is 0.321. The Balaban J connectivity index is 3.14. The normalized spacial score (nSPS) is 11.9. The van der Waals surface area contributed by atoms with Crippen molar-refractivity contribution in [1.29, 1.82) is 0 Å². The van der Waals surface area contributed by atoms with E-state index < -0.39 is 0 Å². The Morgan fingerprint density at radius 3 is 1.47 bits per heavy atom.